The van der Waals surface area contributed by atoms with Crippen molar-refractivity contribution in [1.29, 1.82) is 0 Å². The molecule has 1 fully saturated rings. The van der Waals surface area contributed by atoms with Crippen LogP contribution in [-0.2, 0) is 0 Å². The summed E-state index contributed by atoms with van der Waals surface area (Å²) in [5.41, 5.74) is 9.76. The van der Waals surface area contributed by atoms with Gasteiger partial charge in [-0.1, -0.05) is 12.1 Å². The van der Waals surface area contributed by atoms with Crippen molar-refractivity contribution in [3.05, 3.63) is 51.8 Å². The molecule has 2 N–H and O–H groups in total. The molecule has 1 aromatic heterocycles. The lowest BCUT2D eigenvalue weighted by Gasteiger charge is -2.16. The zero-order valence-electron chi connectivity index (χ0n) is 13.3. The minimum absolute atomic E-state index is 0. The summed E-state index contributed by atoms with van der Waals surface area (Å²) >= 11 is 3.59. The normalized spacial score (nSPS) is 17.2. The van der Waals surface area contributed by atoms with E-state index in [4.69, 9.17) is 5.73 Å². The van der Waals surface area contributed by atoms with Gasteiger partial charge in [-0.25, -0.2) is 0 Å². The minimum Gasteiger partial charge on any atom is -0.337 e. The van der Waals surface area contributed by atoms with Gasteiger partial charge in [0.05, 0.1) is 11.3 Å². The maximum Gasteiger partial charge on any atom is 0.255 e. The van der Waals surface area contributed by atoms with Crippen LogP contribution < -0.4 is 5.73 Å². The highest BCUT2D eigenvalue weighted by Gasteiger charge is 2.27. The van der Waals surface area contributed by atoms with E-state index in [1.807, 2.05) is 49.1 Å². The number of hydrogen-bond donors (Lipinski definition) is 1. The molecular formula is C17H21BrClN3O. The van der Waals surface area contributed by atoms with Crippen molar-refractivity contribution in [2.75, 3.05) is 13.1 Å². The van der Waals surface area contributed by atoms with Crippen LogP contribution in [0.1, 0.15) is 28.2 Å². The van der Waals surface area contributed by atoms with Gasteiger partial charge < -0.3 is 15.2 Å². The van der Waals surface area contributed by atoms with E-state index in [0.29, 0.717) is 6.54 Å². The fourth-order valence-electron chi connectivity index (χ4n) is 3.13. The predicted molar refractivity (Wildman–Crippen MR) is 98.7 cm³/mol. The number of para-hydroxylation sites is 1. The van der Waals surface area contributed by atoms with Crippen LogP contribution in [0, 0.1) is 13.8 Å². The number of nitrogens with two attached hydrogens (primary N) is 1. The van der Waals surface area contributed by atoms with Crippen LogP contribution in [0.2, 0.25) is 0 Å². The number of benzene rings is 1. The van der Waals surface area contributed by atoms with E-state index in [1.165, 1.54) is 0 Å². The number of nitrogens with zero attached hydrogens (tertiary/aromatic N) is 2. The van der Waals surface area contributed by atoms with Crippen LogP contribution >= 0.6 is 28.3 Å². The maximum absolute atomic E-state index is 12.7. The molecule has 0 bridgehead atoms. The largest absolute Gasteiger partial charge is 0.337 e. The quantitative estimate of drug-likeness (QED) is 0.842. The van der Waals surface area contributed by atoms with Crippen LogP contribution in [0.15, 0.2) is 34.8 Å². The van der Waals surface area contributed by atoms with Crippen molar-refractivity contribution in [3.8, 4) is 5.69 Å². The Morgan fingerprint density at radius 3 is 2.61 bits per heavy atom. The predicted octanol–water partition coefficient (Wildman–Crippen LogP) is 3.45. The Bertz CT molecular complexity index is 729. The van der Waals surface area contributed by atoms with E-state index in [2.05, 4.69) is 20.5 Å². The summed E-state index contributed by atoms with van der Waals surface area (Å²) in [7, 11) is 0. The molecule has 0 saturated carbocycles. The first-order valence-corrected chi connectivity index (χ1v) is 8.27. The van der Waals surface area contributed by atoms with Crippen molar-refractivity contribution in [1.82, 2.24) is 9.47 Å². The lowest BCUT2D eigenvalue weighted by atomic mass is 10.2. The minimum atomic E-state index is 0. The van der Waals surface area contributed by atoms with Crippen LogP contribution in [0.3, 0.4) is 0 Å². The summed E-state index contributed by atoms with van der Waals surface area (Å²) in [6.07, 6.45) is 0.884. The first-order valence-electron chi connectivity index (χ1n) is 7.47. The van der Waals surface area contributed by atoms with Gasteiger partial charge in [0.1, 0.15) is 0 Å². The van der Waals surface area contributed by atoms with E-state index >= 15 is 0 Å². The van der Waals surface area contributed by atoms with E-state index < -0.39 is 0 Å². The van der Waals surface area contributed by atoms with Gasteiger partial charge in [0.15, 0.2) is 0 Å². The maximum atomic E-state index is 12.7. The Balaban J connectivity index is 0.00000192. The molecule has 0 radical (unpaired) electrons. The zero-order valence-corrected chi connectivity index (χ0v) is 15.7. The first kappa shape index (κ1) is 18.0. The highest BCUT2D eigenvalue weighted by molar-refractivity contribution is 9.10. The van der Waals surface area contributed by atoms with E-state index in [1.54, 1.807) is 0 Å². The Hall–Kier alpha value is -1.30. The van der Waals surface area contributed by atoms with E-state index in [0.717, 1.165) is 40.1 Å². The number of aryl methyl sites for hydroxylation is 1. The van der Waals surface area contributed by atoms with Crippen molar-refractivity contribution >= 4 is 34.2 Å². The summed E-state index contributed by atoms with van der Waals surface area (Å²) in [6, 6.07) is 10.1. The van der Waals surface area contributed by atoms with Gasteiger partial charge in [-0.05, 0) is 54.4 Å². The molecule has 1 aliphatic rings. The molecule has 1 amide bonds. The fourth-order valence-corrected chi connectivity index (χ4v) is 3.59. The number of aromatic nitrogens is 1. The van der Waals surface area contributed by atoms with Crippen LogP contribution in [0.5, 0.6) is 0 Å². The van der Waals surface area contributed by atoms with Gasteiger partial charge >= 0.3 is 0 Å². The summed E-state index contributed by atoms with van der Waals surface area (Å²) < 4.78 is 3.13. The summed E-state index contributed by atoms with van der Waals surface area (Å²) in [6.45, 7) is 5.42. The molecule has 23 heavy (non-hydrogen) atoms. The Labute approximate surface area is 151 Å². The van der Waals surface area contributed by atoms with Crippen LogP contribution in [-0.4, -0.2) is 34.5 Å². The molecule has 2 aromatic rings. The van der Waals surface area contributed by atoms with Gasteiger partial charge in [-0.2, -0.15) is 0 Å². The standard InChI is InChI=1S/C17H20BrN3O.ClH/c1-11-9-14(17(22)20-8-7-13(19)10-20)12(2)21(11)16-6-4-3-5-15(16)18;/h3-6,9,13H,7-8,10,19H2,1-2H3;1H/t13-;/m1./s1. The summed E-state index contributed by atoms with van der Waals surface area (Å²) in [5, 5.41) is 0. The molecule has 1 saturated heterocycles. The molecule has 3 rings (SSSR count). The molecule has 2 heterocycles. The lowest BCUT2D eigenvalue weighted by molar-refractivity contribution is 0.0790. The van der Waals surface area contributed by atoms with Crippen molar-refractivity contribution < 1.29 is 4.79 Å². The third-order valence-electron chi connectivity index (χ3n) is 4.27. The number of halogens is 2. The molecule has 4 nitrogen and oxygen atoms in total. The average Bonchev–Trinajstić information content (AvgIpc) is 3.04. The lowest BCUT2D eigenvalue weighted by Crippen LogP contribution is -2.32. The highest BCUT2D eigenvalue weighted by atomic mass is 79.9. The second kappa shape index (κ2) is 7.07. The first-order chi connectivity index (χ1) is 10.5. The van der Waals surface area contributed by atoms with Gasteiger partial charge in [0, 0.05) is 35.0 Å². The number of amides is 1. The number of carbonyl (C=O) groups excluding carboxylic acids is 1. The smallest absolute Gasteiger partial charge is 0.255 e. The van der Waals surface area contributed by atoms with Crippen molar-refractivity contribution in [3.63, 3.8) is 0 Å². The van der Waals surface area contributed by atoms with E-state index in [9.17, 15) is 4.79 Å². The molecule has 1 aromatic carbocycles. The number of hydrogen-bond acceptors (Lipinski definition) is 2. The topological polar surface area (TPSA) is 51.3 Å². The third-order valence-corrected chi connectivity index (χ3v) is 4.94. The average molecular weight is 399 g/mol. The molecule has 0 aliphatic carbocycles. The summed E-state index contributed by atoms with van der Waals surface area (Å²) in [5.74, 6) is 0.0827. The Kier molecular flexibility index (Phi) is 5.55. The summed E-state index contributed by atoms with van der Waals surface area (Å²) in [4.78, 5) is 14.6. The van der Waals surface area contributed by atoms with Gasteiger partial charge in [0.25, 0.3) is 5.91 Å². The van der Waals surface area contributed by atoms with E-state index in [-0.39, 0.29) is 24.4 Å². The molecule has 1 atom stereocenters. The number of rotatable bonds is 2. The van der Waals surface area contributed by atoms with Gasteiger partial charge in [-0.3, -0.25) is 4.79 Å². The second-order valence-corrected chi connectivity index (χ2v) is 6.73. The van der Waals surface area contributed by atoms with Crippen LogP contribution in [0.25, 0.3) is 5.69 Å². The fraction of sp³-hybridized carbons (Fsp3) is 0.353. The monoisotopic (exact) mass is 397 g/mol. The second-order valence-electron chi connectivity index (χ2n) is 5.87. The molecule has 1 aliphatic heterocycles. The third kappa shape index (κ3) is 3.32. The van der Waals surface area contributed by atoms with Crippen molar-refractivity contribution in [2.45, 2.75) is 26.3 Å². The Morgan fingerprint density at radius 2 is 2.00 bits per heavy atom. The number of likely N-dealkylation sites (tertiary alicyclic amines) is 1. The van der Waals surface area contributed by atoms with Gasteiger partial charge in [-0.15, -0.1) is 12.4 Å². The zero-order chi connectivity index (χ0) is 15.9. The highest BCUT2D eigenvalue weighted by Crippen LogP contribution is 2.27. The molecule has 0 spiro atoms. The number of carbonyl (C=O) groups is 1. The van der Waals surface area contributed by atoms with Gasteiger partial charge in [0.2, 0.25) is 0 Å². The molecule has 124 valence electrons. The Morgan fingerprint density at radius 1 is 1.30 bits per heavy atom. The van der Waals surface area contributed by atoms with Crippen molar-refractivity contribution in [2.24, 2.45) is 5.73 Å². The molecule has 6 heteroatoms. The SMILES string of the molecule is Cc1cc(C(=O)N2CC[C@@H](N)C2)c(C)n1-c1ccccc1Br.Cl. The van der Waals surface area contributed by atoms with Crippen LogP contribution in [0.4, 0.5) is 0 Å². The molecule has 0 unspecified atom stereocenters. The molecular weight excluding hydrogens is 378 g/mol.